The van der Waals surface area contributed by atoms with Gasteiger partial charge in [0.15, 0.2) is 0 Å². The van der Waals surface area contributed by atoms with Gasteiger partial charge in [0.2, 0.25) is 11.9 Å². The Balaban J connectivity index is 1.43. The minimum absolute atomic E-state index is 0.0425. The molecule has 24 heavy (non-hydrogen) atoms. The van der Waals surface area contributed by atoms with Crippen molar-refractivity contribution in [1.82, 2.24) is 14.9 Å². The Labute approximate surface area is 140 Å². The summed E-state index contributed by atoms with van der Waals surface area (Å²) in [7, 11) is 0. The number of carboxylic acids is 1. The second kappa shape index (κ2) is 5.89. The van der Waals surface area contributed by atoms with Crippen molar-refractivity contribution in [1.29, 1.82) is 0 Å². The number of carbonyl (C=O) groups excluding carboxylic acids is 2. The number of allylic oxidation sites excluding steroid dienone is 2. The molecule has 0 N–H and O–H groups in total. The van der Waals surface area contributed by atoms with E-state index in [-0.39, 0.29) is 17.7 Å². The number of fused-ring (bicyclic) bond motifs is 2. The topological polar surface area (TPSA) is 89.5 Å². The molecule has 0 radical (unpaired) electrons. The third kappa shape index (κ3) is 2.44. The summed E-state index contributed by atoms with van der Waals surface area (Å²) in [4.78, 5) is 36.7. The van der Waals surface area contributed by atoms with E-state index in [0.29, 0.717) is 32.1 Å². The first-order valence-electron chi connectivity index (χ1n) is 8.35. The Bertz CT molecular complexity index is 670. The van der Waals surface area contributed by atoms with Crippen molar-refractivity contribution >= 4 is 17.8 Å². The first kappa shape index (κ1) is 15.1. The molecule has 1 saturated carbocycles. The van der Waals surface area contributed by atoms with E-state index in [4.69, 9.17) is 0 Å². The van der Waals surface area contributed by atoms with Crippen LogP contribution in [0.3, 0.4) is 0 Å². The van der Waals surface area contributed by atoms with Crippen molar-refractivity contribution in [2.24, 2.45) is 23.7 Å². The molecule has 126 valence electrons. The molecule has 0 aromatic carbocycles. The highest BCUT2D eigenvalue weighted by Crippen LogP contribution is 2.48. The number of aromatic nitrogens is 2. The van der Waals surface area contributed by atoms with Gasteiger partial charge in [-0.1, -0.05) is 12.2 Å². The number of carboxylic acid groups (broad SMARTS) is 1. The van der Waals surface area contributed by atoms with E-state index in [1.165, 1.54) is 0 Å². The number of aliphatic carboxylic acids is 1. The van der Waals surface area contributed by atoms with E-state index >= 15 is 0 Å². The SMILES string of the molecule is O=C([O-])[C@@H]1[C@H](C(=O)N2CCN(c3ncccn3)CC2)[C@@H]2C=C[C@@H]1C2. The van der Waals surface area contributed by atoms with E-state index in [1.807, 2.05) is 17.1 Å². The summed E-state index contributed by atoms with van der Waals surface area (Å²) in [5, 5.41) is 11.5. The van der Waals surface area contributed by atoms with Gasteiger partial charge >= 0.3 is 0 Å². The maximum Gasteiger partial charge on any atom is 0.227 e. The number of anilines is 1. The van der Waals surface area contributed by atoms with E-state index in [9.17, 15) is 14.7 Å². The third-order valence-corrected chi connectivity index (χ3v) is 5.44. The molecule has 7 nitrogen and oxygen atoms in total. The maximum atomic E-state index is 12.9. The van der Waals surface area contributed by atoms with Crippen LogP contribution in [0.15, 0.2) is 30.6 Å². The summed E-state index contributed by atoms with van der Waals surface area (Å²) in [6, 6.07) is 1.77. The fourth-order valence-electron chi connectivity index (χ4n) is 4.27. The first-order chi connectivity index (χ1) is 11.6. The van der Waals surface area contributed by atoms with Crippen LogP contribution in [-0.4, -0.2) is 52.9 Å². The number of rotatable bonds is 3. The van der Waals surface area contributed by atoms with Crippen molar-refractivity contribution in [2.45, 2.75) is 6.42 Å². The smallest absolute Gasteiger partial charge is 0.227 e. The molecule has 0 unspecified atom stereocenters. The van der Waals surface area contributed by atoms with E-state index in [1.54, 1.807) is 23.4 Å². The number of hydrogen-bond acceptors (Lipinski definition) is 6. The summed E-state index contributed by atoms with van der Waals surface area (Å²) in [6.07, 6.45) is 8.09. The van der Waals surface area contributed by atoms with Crippen LogP contribution in [0.25, 0.3) is 0 Å². The fraction of sp³-hybridized carbons (Fsp3) is 0.529. The maximum absolute atomic E-state index is 12.9. The Morgan fingerprint density at radius 3 is 2.25 bits per heavy atom. The van der Waals surface area contributed by atoms with Gasteiger partial charge in [0.1, 0.15) is 0 Å². The fourth-order valence-corrected chi connectivity index (χ4v) is 4.27. The van der Waals surface area contributed by atoms with Gasteiger partial charge in [-0.25, -0.2) is 9.97 Å². The van der Waals surface area contributed by atoms with Gasteiger partial charge in [0.05, 0.1) is 5.92 Å². The minimum atomic E-state index is -1.10. The van der Waals surface area contributed by atoms with E-state index in [0.717, 1.165) is 6.42 Å². The molecule has 4 atom stereocenters. The highest BCUT2D eigenvalue weighted by molar-refractivity contribution is 5.86. The van der Waals surface area contributed by atoms with Crippen molar-refractivity contribution in [3.8, 4) is 0 Å². The number of nitrogens with zero attached hydrogens (tertiary/aromatic N) is 4. The highest BCUT2D eigenvalue weighted by atomic mass is 16.4. The van der Waals surface area contributed by atoms with Gasteiger partial charge in [0.25, 0.3) is 0 Å². The van der Waals surface area contributed by atoms with Crippen LogP contribution in [-0.2, 0) is 9.59 Å². The van der Waals surface area contributed by atoms with E-state index in [2.05, 4.69) is 9.97 Å². The molecule has 1 aromatic rings. The van der Waals surface area contributed by atoms with Gasteiger partial charge in [-0.3, -0.25) is 4.79 Å². The van der Waals surface area contributed by atoms with Crippen LogP contribution < -0.4 is 10.0 Å². The standard InChI is InChI=1S/C17H20N4O3/c22-15(13-11-2-3-12(10-11)14(13)16(23)24)20-6-8-21(9-7-20)17-18-4-1-5-19-17/h1-5,11-14H,6-10H2,(H,23,24)/p-1/t11-,12-,13-,14+/m1/s1. The lowest BCUT2D eigenvalue weighted by Gasteiger charge is -2.38. The largest absolute Gasteiger partial charge is 0.550 e. The van der Waals surface area contributed by atoms with Crippen LogP contribution in [0.1, 0.15) is 6.42 Å². The number of piperazine rings is 1. The van der Waals surface area contributed by atoms with Crippen molar-refractivity contribution < 1.29 is 14.7 Å². The summed E-state index contributed by atoms with van der Waals surface area (Å²) >= 11 is 0. The molecule has 2 fully saturated rings. The van der Waals surface area contributed by atoms with Crippen molar-refractivity contribution in [2.75, 3.05) is 31.1 Å². The minimum Gasteiger partial charge on any atom is -0.550 e. The van der Waals surface area contributed by atoms with Crippen LogP contribution in [0.2, 0.25) is 0 Å². The second-order valence-electron chi connectivity index (χ2n) is 6.68. The normalized spacial score (nSPS) is 31.5. The van der Waals surface area contributed by atoms with Crippen LogP contribution >= 0.6 is 0 Å². The summed E-state index contributed by atoms with van der Waals surface area (Å²) in [5.41, 5.74) is 0. The zero-order valence-corrected chi connectivity index (χ0v) is 13.2. The van der Waals surface area contributed by atoms with Gasteiger partial charge in [0, 0.05) is 50.5 Å². The Hall–Kier alpha value is -2.44. The Morgan fingerprint density at radius 1 is 1.00 bits per heavy atom. The number of amides is 1. The molecule has 1 saturated heterocycles. The molecule has 2 heterocycles. The third-order valence-electron chi connectivity index (χ3n) is 5.44. The zero-order chi connectivity index (χ0) is 16.7. The van der Waals surface area contributed by atoms with Gasteiger partial charge in [-0.2, -0.15) is 0 Å². The molecular formula is C17H19N4O3-. The first-order valence-corrected chi connectivity index (χ1v) is 8.35. The molecule has 2 bridgehead atoms. The highest BCUT2D eigenvalue weighted by Gasteiger charge is 2.50. The van der Waals surface area contributed by atoms with Crippen molar-refractivity contribution in [3.63, 3.8) is 0 Å². The van der Waals surface area contributed by atoms with Crippen LogP contribution in [0, 0.1) is 23.7 Å². The zero-order valence-electron chi connectivity index (χ0n) is 13.2. The van der Waals surface area contributed by atoms with Crippen LogP contribution in [0.4, 0.5) is 5.95 Å². The second-order valence-corrected chi connectivity index (χ2v) is 6.68. The Kier molecular flexibility index (Phi) is 3.70. The van der Waals surface area contributed by atoms with Gasteiger partial charge < -0.3 is 19.7 Å². The molecule has 4 rings (SSSR count). The Morgan fingerprint density at radius 2 is 1.62 bits per heavy atom. The number of hydrogen-bond donors (Lipinski definition) is 0. The van der Waals surface area contributed by atoms with Gasteiger partial charge in [-0.05, 0) is 24.3 Å². The summed E-state index contributed by atoms with van der Waals surface area (Å²) in [6.45, 7) is 2.44. The average Bonchev–Trinajstić information content (AvgIpc) is 3.23. The summed E-state index contributed by atoms with van der Waals surface area (Å²) < 4.78 is 0. The summed E-state index contributed by atoms with van der Waals surface area (Å²) in [5.74, 6) is -1.63. The molecule has 2 aliphatic carbocycles. The molecule has 1 amide bonds. The molecule has 1 aliphatic heterocycles. The lowest BCUT2D eigenvalue weighted by molar-refractivity contribution is -0.313. The average molecular weight is 327 g/mol. The lowest BCUT2D eigenvalue weighted by Crippen LogP contribution is -2.53. The monoisotopic (exact) mass is 327 g/mol. The predicted octanol–water partition coefficient (Wildman–Crippen LogP) is -0.687. The molecule has 1 aromatic heterocycles. The molecular weight excluding hydrogens is 308 g/mol. The lowest BCUT2D eigenvalue weighted by atomic mass is 9.82. The predicted molar refractivity (Wildman–Crippen MR) is 83.5 cm³/mol. The molecule has 3 aliphatic rings. The number of carbonyl (C=O) groups is 2. The van der Waals surface area contributed by atoms with Gasteiger partial charge in [-0.15, -0.1) is 0 Å². The quantitative estimate of drug-likeness (QED) is 0.683. The van der Waals surface area contributed by atoms with Crippen LogP contribution in [0.5, 0.6) is 0 Å². The molecule has 7 heteroatoms. The molecule has 0 spiro atoms. The van der Waals surface area contributed by atoms with E-state index < -0.39 is 17.8 Å². The van der Waals surface area contributed by atoms with Crippen molar-refractivity contribution in [3.05, 3.63) is 30.6 Å².